The van der Waals surface area contributed by atoms with Gasteiger partial charge in [0.1, 0.15) is 12.4 Å². The van der Waals surface area contributed by atoms with Crippen LogP contribution in [0.3, 0.4) is 0 Å². The first kappa shape index (κ1) is 27.5. The molecule has 1 heterocycles. The number of hydrogen-bond donors (Lipinski definition) is 0. The molecule has 0 saturated heterocycles. The van der Waals surface area contributed by atoms with Crippen LogP contribution in [0.5, 0.6) is 11.5 Å². The number of ether oxygens (including phenoxy) is 2. The molecule has 0 N–H and O–H groups in total. The van der Waals surface area contributed by atoms with Crippen molar-refractivity contribution >= 4 is 20.2 Å². The average molecular weight is 510 g/mol. The Morgan fingerprint density at radius 2 is 1.81 bits per heavy atom. The van der Waals surface area contributed by atoms with E-state index in [4.69, 9.17) is 13.9 Å². The highest BCUT2D eigenvalue weighted by Crippen LogP contribution is 2.44. The third-order valence-electron chi connectivity index (χ3n) is 7.14. The van der Waals surface area contributed by atoms with Gasteiger partial charge in [-0.15, -0.1) is 0 Å². The van der Waals surface area contributed by atoms with E-state index in [0.717, 1.165) is 22.4 Å². The van der Waals surface area contributed by atoms with Crippen molar-refractivity contribution < 1.29 is 23.5 Å². The number of carbonyl (C=O) groups is 2. The fourth-order valence-corrected chi connectivity index (χ4v) is 5.08. The Kier molecular flexibility index (Phi) is 8.66. The van der Waals surface area contributed by atoms with E-state index in [2.05, 4.69) is 33.9 Å². The van der Waals surface area contributed by atoms with Crippen molar-refractivity contribution in [3.63, 3.8) is 0 Å². The van der Waals surface area contributed by atoms with Gasteiger partial charge in [0, 0.05) is 13.0 Å². The predicted molar refractivity (Wildman–Crippen MR) is 145 cm³/mol. The van der Waals surface area contributed by atoms with Crippen LogP contribution in [0.15, 0.2) is 54.6 Å². The maximum absolute atomic E-state index is 13.2. The molecule has 7 heteroatoms. The Morgan fingerprint density at radius 3 is 2.42 bits per heavy atom. The Hall–Kier alpha value is -3.06. The second-order valence-corrected chi connectivity index (χ2v) is 15.5. The van der Waals surface area contributed by atoms with Gasteiger partial charge in [-0.1, -0.05) is 57.2 Å². The Labute approximate surface area is 216 Å². The number of benzene rings is 2. The summed E-state index contributed by atoms with van der Waals surface area (Å²) in [6.45, 7) is 13.5. The molecule has 36 heavy (non-hydrogen) atoms. The minimum atomic E-state index is -2.09. The summed E-state index contributed by atoms with van der Waals surface area (Å²) in [4.78, 5) is 27.5. The first-order chi connectivity index (χ1) is 17.0. The van der Waals surface area contributed by atoms with E-state index in [1.54, 1.807) is 24.2 Å². The van der Waals surface area contributed by atoms with Crippen LogP contribution in [0.4, 0.5) is 4.79 Å². The minimum Gasteiger partial charge on any atom is -0.541 e. The van der Waals surface area contributed by atoms with Crippen LogP contribution in [0.25, 0.3) is 0 Å². The third-order valence-corrected chi connectivity index (χ3v) is 11.5. The molecule has 6 nitrogen and oxygen atoms in total. The van der Waals surface area contributed by atoms with Gasteiger partial charge in [-0.05, 0) is 66.4 Å². The highest BCUT2D eigenvalue weighted by atomic mass is 28.4. The Bertz CT molecular complexity index is 1100. The lowest BCUT2D eigenvalue weighted by Gasteiger charge is -2.39. The average Bonchev–Trinajstić information content (AvgIpc) is 2.82. The van der Waals surface area contributed by atoms with E-state index in [-0.39, 0.29) is 23.8 Å². The standard InChI is InChI=1S/C29H39NO5Si/c1-8-12-23(31)18-25-24-19-26(33-5)27(35-36(6,7)29(2,3)4)17-22(24)15-16-30(25)28(32)34-20-21-13-10-9-11-14-21/h8-14,17,19,25H,15-16,18,20H2,1-7H3/b12-8+. The van der Waals surface area contributed by atoms with Crippen LogP contribution < -0.4 is 9.16 Å². The van der Waals surface area contributed by atoms with Crippen molar-refractivity contribution in [3.8, 4) is 11.5 Å². The van der Waals surface area contributed by atoms with E-state index in [9.17, 15) is 9.59 Å². The lowest BCUT2D eigenvalue weighted by atomic mass is 9.89. The normalized spacial score (nSPS) is 16.0. The number of rotatable bonds is 8. The summed E-state index contributed by atoms with van der Waals surface area (Å²) in [7, 11) is -0.475. The monoisotopic (exact) mass is 509 g/mol. The molecular formula is C29H39NO5Si. The summed E-state index contributed by atoms with van der Waals surface area (Å²) in [6.07, 6.45) is 3.66. The summed E-state index contributed by atoms with van der Waals surface area (Å²) < 4.78 is 18.0. The smallest absolute Gasteiger partial charge is 0.410 e. The molecule has 2 aromatic rings. The molecule has 0 bridgehead atoms. The molecule has 0 aromatic heterocycles. The molecule has 194 valence electrons. The van der Waals surface area contributed by atoms with E-state index in [0.29, 0.717) is 18.7 Å². The number of amides is 1. The third kappa shape index (κ3) is 6.38. The Morgan fingerprint density at radius 1 is 1.11 bits per heavy atom. The maximum Gasteiger partial charge on any atom is 0.410 e. The lowest BCUT2D eigenvalue weighted by molar-refractivity contribution is -0.115. The molecule has 0 fully saturated rings. The zero-order valence-corrected chi connectivity index (χ0v) is 23.6. The fraction of sp³-hybridized carbons (Fsp3) is 0.448. The SMILES string of the molecule is C/C=C/C(=O)CC1c2cc(OC)c(O[Si](C)(C)C(C)(C)C)cc2CCN1C(=O)OCc1ccccc1. The van der Waals surface area contributed by atoms with Gasteiger partial charge in [-0.2, -0.15) is 0 Å². The van der Waals surface area contributed by atoms with Crippen molar-refractivity contribution in [1.29, 1.82) is 0 Å². The molecule has 2 aromatic carbocycles. The molecule has 0 radical (unpaired) electrons. The van der Waals surface area contributed by atoms with Gasteiger partial charge in [-0.3, -0.25) is 4.79 Å². The van der Waals surface area contributed by atoms with E-state index in [1.165, 1.54) is 0 Å². The van der Waals surface area contributed by atoms with Crippen molar-refractivity contribution in [2.45, 2.75) is 71.3 Å². The lowest BCUT2D eigenvalue weighted by Crippen LogP contribution is -2.44. The highest BCUT2D eigenvalue weighted by Gasteiger charge is 2.40. The molecule has 1 unspecified atom stereocenters. The van der Waals surface area contributed by atoms with Crippen LogP contribution in [-0.2, 0) is 22.6 Å². The number of ketones is 1. The Balaban J connectivity index is 1.94. The van der Waals surface area contributed by atoms with Crippen molar-refractivity contribution in [2.24, 2.45) is 0 Å². The van der Waals surface area contributed by atoms with Gasteiger partial charge >= 0.3 is 6.09 Å². The van der Waals surface area contributed by atoms with Gasteiger partial charge in [0.2, 0.25) is 0 Å². The summed E-state index contributed by atoms with van der Waals surface area (Å²) in [5.41, 5.74) is 2.88. The van der Waals surface area contributed by atoms with E-state index < -0.39 is 20.5 Å². The molecule has 1 atom stereocenters. The number of allylic oxidation sites excluding steroid dienone is 2. The number of fused-ring (bicyclic) bond motifs is 1. The molecule has 1 aliphatic rings. The summed E-state index contributed by atoms with van der Waals surface area (Å²) in [6, 6.07) is 13.1. The van der Waals surface area contributed by atoms with Gasteiger partial charge < -0.3 is 18.8 Å². The largest absolute Gasteiger partial charge is 0.541 e. The van der Waals surface area contributed by atoms with Gasteiger partial charge in [0.05, 0.1) is 13.2 Å². The molecule has 0 aliphatic carbocycles. The first-order valence-electron chi connectivity index (χ1n) is 12.5. The molecular weight excluding hydrogens is 470 g/mol. The maximum atomic E-state index is 13.2. The topological polar surface area (TPSA) is 65.1 Å². The van der Waals surface area contributed by atoms with Gasteiger partial charge in [0.15, 0.2) is 11.5 Å². The van der Waals surface area contributed by atoms with E-state index in [1.807, 2.05) is 49.4 Å². The van der Waals surface area contributed by atoms with Crippen LogP contribution >= 0.6 is 0 Å². The van der Waals surface area contributed by atoms with Gasteiger partial charge in [-0.25, -0.2) is 4.79 Å². The minimum absolute atomic E-state index is 0.0364. The summed E-state index contributed by atoms with van der Waals surface area (Å²) in [5.74, 6) is 1.29. The summed E-state index contributed by atoms with van der Waals surface area (Å²) in [5, 5.41) is 0.0364. The van der Waals surface area contributed by atoms with Crippen LogP contribution in [0.2, 0.25) is 18.1 Å². The zero-order valence-electron chi connectivity index (χ0n) is 22.6. The number of methoxy groups -OCH3 is 1. The van der Waals surface area contributed by atoms with Crippen molar-refractivity contribution in [3.05, 3.63) is 71.3 Å². The molecule has 3 rings (SSSR count). The highest BCUT2D eigenvalue weighted by molar-refractivity contribution is 6.74. The first-order valence-corrected chi connectivity index (χ1v) is 15.4. The van der Waals surface area contributed by atoms with Crippen molar-refractivity contribution in [2.75, 3.05) is 13.7 Å². The number of carbonyl (C=O) groups excluding carboxylic acids is 2. The number of hydrogen-bond acceptors (Lipinski definition) is 5. The van der Waals surface area contributed by atoms with E-state index >= 15 is 0 Å². The molecule has 0 spiro atoms. The van der Waals surface area contributed by atoms with Crippen LogP contribution in [0.1, 0.15) is 56.8 Å². The second-order valence-electron chi connectivity index (χ2n) is 10.7. The molecule has 1 amide bonds. The van der Waals surface area contributed by atoms with Crippen molar-refractivity contribution in [1.82, 2.24) is 4.90 Å². The van der Waals surface area contributed by atoms with Gasteiger partial charge in [0.25, 0.3) is 8.32 Å². The van der Waals surface area contributed by atoms with Crippen LogP contribution in [0, 0.1) is 0 Å². The molecule has 1 aliphatic heterocycles. The summed E-state index contributed by atoms with van der Waals surface area (Å²) >= 11 is 0. The molecule has 0 saturated carbocycles. The second kappa shape index (κ2) is 11.3. The predicted octanol–water partition coefficient (Wildman–Crippen LogP) is 6.85. The fourth-order valence-electron chi connectivity index (χ4n) is 4.06. The zero-order chi connectivity index (χ0) is 26.5. The van der Waals surface area contributed by atoms with Crippen LogP contribution in [-0.4, -0.2) is 38.7 Å². The quantitative estimate of drug-likeness (QED) is 0.288. The number of nitrogens with zero attached hydrogens (tertiary/aromatic N) is 1.